The number of hydrogen-bond acceptors (Lipinski definition) is 3. The van der Waals surface area contributed by atoms with Gasteiger partial charge in [-0.15, -0.1) is 24.8 Å². The van der Waals surface area contributed by atoms with E-state index in [-0.39, 0.29) is 36.8 Å². The molecule has 122 valence electrons. The average Bonchev–Trinajstić information content (AvgIpc) is 2.39. The molecule has 4 nitrogen and oxygen atoms in total. The Labute approximate surface area is 139 Å². The van der Waals surface area contributed by atoms with E-state index in [4.69, 9.17) is 11.5 Å². The smallest absolute Gasteiger partial charge is 0.237 e. The number of benzene rings is 1. The second-order valence-corrected chi connectivity index (χ2v) is 4.99. The van der Waals surface area contributed by atoms with Crippen LogP contribution in [0, 0.1) is 0 Å². The Balaban J connectivity index is 0. The summed E-state index contributed by atoms with van der Waals surface area (Å²) in [4.78, 5) is 11.9. The molecule has 0 saturated heterocycles. The van der Waals surface area contributed by atoms with E-state index in [2.05, 4.69) is 17.4 Å². The molecule has 5 N–H and O–H groups in total. The van der Waals surface area contributed by atoms with E-state index in [0.29, 0.717) is 13.0 Å². The van der Waals surface area contributed by atoms with Gasteiger partial charge in [0.2, 0.25) is 5.91 Å². The summed E-state index contributed by atoms with van der Waals surface area (Å²) in [5, 5.41) is 2.96. The maximum atomic E-state index is 11.9. The van der Waals surface area contributed by atoms with Gasteiger partial charge in [0.15, 0.2) is 0 Å². The Morgan fingerprint density at radius 3 is 2.38 bits per heavy atom. The molecule has 0 aliphatic rings. The molecule has 1 aromatic carbocycles. The molecule has 2 atom stereocenters. The van der Waals surface area contributed by atoms with Crippen LogP contribution in [-0.2, 0) is 11.2 Å². The predicted molar refractivity (Wildman–Crippen MR) is 93.1 cm³/mol. The number of carbonyl (C=O) groups is 1. The molecular formula is C15H27Cl2N3O. The van der Waals surface area contributed by atoms with Gasteiger partial charge in [0.1, 0.15) is 0 Å². The van der Waals surface area contributed by atoms with E-state index in [1.54, 1.807) is 0 Å². The zero-order valence-electron chi connectivity index (χ0n) is 12.5. The molecule has 0 aromatic heterocycles. The minimum atomic E-state index is -0.426. The van der Waals surface area contributed by atoms with Crippen molar-refractivity contribution in [1.82, 2.24) is 5.32 Å². The van der Waals surface area contributed by atoms with Gasteiger partial charge in [-0.1, -0.05) is 36.8 Å². The van der Waals surface area contributed by atoms with E-state index in [1.807, 2.05) is 25.1 Å². The fourth-order valence-corrected chi connectivity index (χ4v) is 2.01. The van der Waals surface area contributed by atoms with Crippen molar-refractivity contribution in [1.29, 1.82) is 0 Å². The highest BCUT2D eigenvalue weighted by molar-refractivity contribution is 5.85. The topological polar surface area (TPSA) is 81.1 Å². The molecule has 0 aliphatic heterocycles. The molecule has 1 amide bonds. The first kappa shape index (κ1) is 22.5. The summed E-state index contributed by atoms with van der Waals surface area (Å²) < 4.78 is 0. The lowest BCUT2D eigenvalue weighted by Gasteiger charge is -2.17. The Hall–Kier alpha value is -0.810. The molecule has 0 fully saturated rings. The number of hydrogen-bond donors (Lipinski definition) is 3. The summed E-state index contributed by atoms with van der Waals surface area (Å²) in [7, 11) is 0. The lowest BCUT2D eigenvalue weighted by molar-refractivity contribution is -0.123. The summed E-state index contributed by atoms with van der Waals surface area (Å²) >= 11 is 0. The zero-order valence-corrected chi connectivity index (χ0v) is 14.1. The van der Waals surface area contributed by atoms with Gasteiger partial charge in [-0.05, 0) is 38.3 Å². The van der Waals surface area contributed by atoms with Crippen molar-refractivity contribution in [3.05, 3.63) is 35.9 Å². The first-order chi connectivity index (χ1) is 9.13. The Bertz CT molecular complexity index is 376. The van der Waals surface area contributed by atoms with Crippen LogP contribution in [0.15, 0.2) is 30.3 Å². The predicted octanol–water partition coefficient (Wildman–Crippen LogP) is 2.03. The molecular weight excluding hydrogens is 309 g/mol. The molecule has 0 saturated carbocycles. The van der Waals surface area contributed by atoms with E-state index >= 15 is 0 Å². The minimum Gasteiger partial charge on any atom is -0.352 e. The van der Waals surface area contributed by atoms with Gasteiger partial charge in [-0.2, -0.15) is 0 Å². The van der Waals surface area contributed by atoms with Gasteiger partial charge in [0.25, 0.3) is 0 Å². The monoisotopic (exact) mass is 335 g/mol. The van der Waals surface area contributed by atoms with Crippen LogP contribution in [-0.4, -0.2) is 24.5 Å². The number of carbonyl (C=O) groups excluding carboxylic acids is 1. The highest BCUT2D eigenvalue weighted by Crippen LogP contribution is 2.04. The highest BCUT2D eigenvalue weighted by atomic mass is 35.5. The first-order valence-corrected chi connectivity index (χ1v) is 6.93. The van der Waals surface area contributed by atoms with Crippen LogP contribution in [0.5, 0.6) is 0 Å². The zero-order chi connectivity index (χ0) is 14.1. The standard InChI is InChI=1S/C15H25N3O.2ClH/c1-12(11-13-7-3-2-4-8-13)18-15(19)14(17)9-5-6-10-16;;/h2-4,7-8,12,14H,5-6,9-11,16-17H2,1H3,(H,18,19);2*1H/t12-,14+;;/m0../s1. The van der Waals surface area contributed by atoms with Crippen LogP contribution in [0.2, 0.25) is 0 Å². The Morgan fingerprint density at radius 2 is 1.81 bits per heavy atom. The fourth-order valence-electron chi connectivity index (χ4n) is 2.01. The number of nitrogens with one attached hydrogen (secondary N) is 1. The van der Waals surface area contributed by atoms with Crippen LogP contribution in [0.4, 0.5) is 0 Å². The third kappa shape index (κ3) is 9.69. The van der Waals surface area contributed by atoms with Crippen molar-refractivity contribution < 1.29 is 4.79 Å². The van der Waals surface area contributed by atoms with Gasteiger partial charge in [0.05, 0.1) is 6.04 Å². The van der Waals surface area contributed by atoms with Gasteiger partial charge in [0, 0.05) is 6.04 Å². The molecule has 0 bridgehead atoms. The Morgan fingerprint density at radius 1 is 1.19 bits per heavy atom. The second kappa shape index (κ2) is 12.9. The van der Waals surface area contributed by atoms with Crippen molar-refractivity contribution in [2.45, 2.75) is 44.7 Å². The fraction of sp³-hybridized carbons (Fsp3) is 0.533. The molecule has 1 rings (SSSR count). The van der Waals surface area contributed by atoms with Gasteiger partial charge in [-0.25, -0.2) is 0 Å². The van der Waals surface area contributed by atoms with Crippen LogP contribution in [0.25, 0.3) is 0 Å². The number of nitrogens with two attached hydrogens (primary N) is 2. The molecule has 0 radical (unpaired) electrons. The summed E-state index contributed by atoms with van der Waals surface area (Å²) in [6, 6.07) is 9.78. The third-order valence-electron chi connectivity index (χ3n) is 3.08. The summed E-state index contributed by atoms with van der Waals surface area (Å²) in [5.74, 6) is -0.0690. The average molecular weight is 336 g/mol. The van der Waals surface area contributed by atoms with E-state index in [9.17, 15) is 4.79 Å². The van der Waals surface area contributed by atoms with E-state index < -0.39 is 6.04 Å². The summed E-state index contributed by atoms with van der Waals surface area (Å²) in [6.45, 7) is 2.65. The minimum absolute atomic E-state index is 0. The molecule has 0 unspecified atom stereocenters. The maximum Gasteiger partial charge on any atom is 0.237 e. The van der Waals surface area contributed by atoms with E-state index in [1.165, 1.54) is 5.56 Å². The van der Waals surface area contributed by atoms with Crippen LogP contribution < -0.4 is 16.8 Å². The lowest BCUT2D eigenvalue weighted by Crippen LogP contribution is -2.45. The quantitative estimate of drug-likeness (QED) is 0.636. The van der Waals surface area contributed by atoms with Crippen molar-refractivity contribution >= 4 is 30.7 Å². The van der Waals surface area contributed by atoms with Crippen molar-refractivity contribution in [3.8, 4) is 0 Å². The third-order valence-corrected chi connectivity index (χ3v) is 3.08. The van der Waals surface area contributed by atoms with Crippen molar-refractivity contribution in [3.63, 3.8) is 0 Å². The molecule has 6 heteroatoms. The largest absolute Gasteiger partial charge is 0.352 e. The SMILES string of the molecule is C[C@@H](Cc1ccccc1)NC(=O)[C@H](N)CCCCN.Cl.Cl. The van der Waals surface area contributed by atoms with E-state index in [0.717, 1.165) is 19.3 Å². The van der Waals surface area contributed by atoms with Gasteiger partial charge < -0.3 is 16.8 Å². The highest BCUT2D eigenvalue weighted by Gasteiger charge is 2.15. The number of rotatable bonds is 8. The molecule has 0 aliphatic carbocycles. The summed E-state index contributed by atoms with van der Waals surface area (Å²) in [5.41, 5.74) is 12.5. The van der Waals surface area contributed by atoms with Crippen LogP contribution in [0.1, 0.15) is 31.7 Å². The lowest BCUT2D eigenvalue weighted by atomic mass is 10.1. The normalized spacial score (nSPS) is 12.5. The molecule has 0 spiro atoms. The maximum absolute atomic E-state index is 11.9. The van der Waals surface area contributed by atoms with Crippen LogP contribution >= 0.6 is 24.8 Å². The summed E-state index contributed by atoms with van der Waals surface area (Å²) in [6.07, 6.45) is 3.34. The second-order valence-electron chi connectivity index (χ2n) is 4.99. The number of unbranched alkanes of at least 4 members (excludes halogenated alkanes) is 1. The van der Waals surface area contributed by atoms with Gasteiger partial charge >= 0.3 is 0 Å². The van der Waals surface area contributed by atoms with Crippen molar-refractivity contribution in [2.24, 2.45) is 11.5 Å². The molecule has 21 heavy (non-hydrogen) atoms. The van der Waals surface area contributed by atoms with Gasteiger partial charge in [-0.3, -0.25) is 4.79 Å². The van der Waals surface area contributed by atoms with Crippen molar-refractivity contribution in [2.75, 3.05) is 6.54 Å². The molecule has 0 heterocycles. The number of halogens is 2. The van der Waals surface area contributed by atoms with Crippen LogP contribution in [0.3, 0.4) is 0 Å². The first-order valence-electron chi connectivity index (χ1n) is 6.93. The molecule has 1 aromatic rings. The number of amides is 1. The Kier molecular flexibility index (Phi) is 13.8.